The van der Waals surface area contributed by atoms with Gasteiger partial charge in [0.1, 0.15) is 0 Å². The summed E-state index contributed by atoms with van der Waals surface area (Å²) in [6.07, 6.45) is 7.71. The van der Waals surface area contributed by atoms with E-state index >= 15 is 0 Å². The van der Waals surface area contributed by atoms with Gasteiger partial charge in [-0.05, 0) is 0 Å². The van der Waals surface area contributed by atoms with E-state index in [4.69, 9.17) is 0 Å². The van der Waals surface area contributed by atoms with Gasteiger partial charge in [-0.3, -0.25) is 0 Å². The van der Waals surface area contributed by atoms with Gasteiger partial charge in [0.25, 0.3) is 0 Å². The first-order valence-electron chi connectivity index (χ1n) is 5.05. The van der Waals surface area contributed by atoms with E-state index in [1.54, 1.807) is 0 Å². The summed E-state index contributed by atoms with van der Waals surface area (Å²) in [6.45, 7) is 18.7. The average molecular weight is 221 g/mol. The van der Waals surface area contributed by atoms with E-state index in [1.165, 1.54) is 0 Å². The van der Waals surface area contributed by atoms with E-state index in [-0.39, 0.29) is 9.84 Å². The van der Waals surface area contributed by atoms with E-state index in [0.29, 0.717) is 0 Å². The van der Waals surface area contributed by atoms with Crippen LogP contribution in [0.15, 0.2) is 50.6 Å². The smallest absolute Gasteiger partial charge is 0.210 e. The van der Waals surface area contributed by atoms with Gasteiger partial charge in [0.2, 0.25) is 9.84 Å². The summed E-state index contributed by atoms with van der Waals surface area (Å²) >= 11 is 0. The van der Waals surface area contributed by atoms with Gasteiger partial charge in [0.05, 0.1) is 0 Å². The van der Waals surface area contributed by atoms with Crippen molar-refractivity contribution in [2.75, 3.05) is 26.2 Å². The summed E-state index contributed by atoms with van der Waals surface area (Å²) in [7, 11) is 0.100. The van der Waals surface area contributed by atoms with Crippen molar-refractivity contribution in [2.24, 2.45) is 0 Å². The van der Waals surface area contributed by atoms with Crippen LogP contribution in [-0.2, 0) is 0 Å². The Hall–Kier alpha value is -0.903. The predicted octanol–water partition coefficient (Wildman–Crippen LogP) is 1.60. The SMILES string of the molecule is C=CCN(CC=C)[SiH]N(CC=C)CC=C. The zero-order chi connectivity index (χ0) is 11.5. The molecule has 0 atom stereocenters. The Bertz CT molecular complexity index is 172. The van der Waals surface area contributed by atoms with Crippen LogP contribution >= 0.6 is 0 Å². The van der Waals surface area contributed by atoms with Crippen LogP contribution in [0.1, 0.15) is 0 Å². The number of hydrogen-bond donors (Lipinski definition) is 0. The van der Waals surface area contributed by atoms with Gasteiger partial charge in [-0.2, -0.15) is 0 Å². The summed E-state index contributed by atoms with van der Waals surface area (Å²) < 4.78 is 4.68. The van der Waals surface area contributed by atoms with Gasteiger partial charge in [-0.1, -0.05) is 24.3 Å². The molecular weight excluding hydrogens is 200 g/mol. The first-order chi connectivity index (χ1) is 7.28. The molecule has 0 unspecified atom stereocenters. The molecule has 83 valence electrons. The molecule has 0 aliphatic rings. The van der Waals surface area contributed by atoms with Gasteiger partial charge in [0, 0.05) is 26.2 Å². The van der Waals surface area contributed by atoms with Crippen molar-refractivity contribution in [1.82, 2.24) is 9.13 Å². The molecule has 0 aromatic carbocycles. The van der Waals surface area contributed by atoms with Gasteiger partial charge >= 0.3 is 0 Å². The molecular formula is C12H21N2Si. The molecule has 0 amide bonds. The number of rotatable bonds is 10. The summed E-state index contributed by atoms with van der Waals surface area (Å²) in [5.41, 5.74) is 0. The minimum atomic E-state index is 0.100. The predicted molar refractivity (Wildman–Crippen MR) is 71.1 cm³/mol. The van der Waals surface area contributed by atoms with Crippen molar-refractivity contribution < 1.29 is 0 Å². The lowest BCUT2D eigenvalue weighted by Crippen LogP contribution is -2.42. The van der Waals surface area contributed by atoms with Crippen LogP contribution in [0.5, 0.6) is 0 Å². The van der Waals surface area contributed by atoms with Crippen molar-refractivity contribution in [3.8, 4) is 0 Å². The molecule has 0 rings (SSSR count). The van der Waals surface area contributed by atoms with Crippen molar-refractivity contribution in [1.29, 1.82) is 0 Å². The van der Waals surface area contributed by atoms with E-state index < -0.39 is 0 Å². The van der Waals surface area contributed by atoms with Gasteiger partial charge in [-0.25, -0.2) is 0 Å². The molecule has 0 aromatic heterocycles. The summed E-state index contributed by atoms with van der Waals surface area (Å²) in [5, 5.41) is 0. The topological polar surface area (TPSA) is 6.48 Å². The molecule has 0 bridgehead atoms. The maximum atomic E-state index is 3.76. The molecule has 2 nitrogen and oxygen atoms in total. The van der Waals surface area contributed by atoms with E-state index in [2.05, 4.69) is 35.4 Å². The Balaban J connectivity index is 4.15. The third-order valence-corrected chi connectivity index (χ3v) is 3.28. The maximum Gasteiger partial charge on any atom is 0.210 e. The highest BCUT2D eigenvalue weighted by Crippen LogP contribution is 1.93. The number of nitrogens with zero attached hydrogens (tertiary/aromatic N) is 2. The first-order valence-corrected chi connectivity index (χ1v) is 6.08. The minimum Gasteiger partial charge on any atom is -0.307 e. The Morgan fingerprint density at radius 1 is 0.667 bits per heavy atom. The van der Waals surface area contributed by atoms with Gasteiger partial charge < -0.3 is 9.13 Å². The first kappa shape index (κ1) is 14.1. The fraction of sp³-hybridized carbons (Fsp3) is 0.333. The monoisotopic (exact) mass is 221 g/mol. The Kier molecular flexibility index (Phi) is 9.06. The molecule has 3 heteroatoms. The van der Waals surface area contributed by atoms with Gasteiger partial charge in [-0.15, -0.1) is 26.3 Å². The van der Waals surface area contributed by atoms with Crippen molar-refractivity contribution in [2.45, 2.75) is 0 Å². The van der Waals surface area contributed by atoms with Crippen LogP contribution in [0.4, 0.5) is 0 Å². The third-order valence-electron chi connectivity index (χ3n) is 1.78. The lowest BCUT2D eigenvalue weighted by Gasteiger charge is -2.26. The van der Waals surface area contributed by atoms with Crippen molar-refractivity contribution in [3.05, 3.63) is 50.6 Å². The largest absolute Gasteiger partial charge is 0.307 e. The van der Waals surface area contributed by atoms with Gasteiger partial charge in [0.15, 0.2) is 0 Å². The van der Waals surface area contributed by atoms with E-state index in [0.717, 1.165) is 26.2 Å². The van der Waals surface area contributed by atoms with Crippen LogP contribution in [0, 0.1) is 0 Å². The molecule has 0 heterocycles. The second kappa shape index (κ2) is 9.64. The molecule has 0 aliphatic carbocycles. The quantitative estimate of drug-likeness (QED) is 0.408. The summed E-state index contributed by atoms with van der Waals surface area (Å²) in [5.74, 6) is 0. The molecule has 0 aliphatic heterocycles. The lowest BCUT2D eigenvalue weighted by molar-refractivity contribution is 0.445. The molecule has 0 aromatic rings. The fourth-order valence-electron chi connectivity index (χ4n) is 1.23. The van der Waals surface area contributed by atoms with Crippen molar-refractivity contribution in [3.63, 3.8) is 0 Å². The second-order valence-electron chi connectivity index (χ2n) is 3.18. The maximum absolute atomic E-state index is 3.76. The highest BCUT2D eigenvalue weighted by Gasteiger charge is 2.08. The molecule has 0 saturated heterocycles. The van der Waals surface area contributed by atoms with Crippen molar-refractivity contribution >= 4 is 9.84 Å². The molecule has 0 N–H and O–H groups in total. The minimum absolute atomic E-state index is 0.100. The zero-order valence-electron chi connectivity index (χ0n) is 9.44. The molecule has 1 radical (unpaired) electrons. The zero-order valence-corrected chi connectivity index (χ0v) is 10.6. The van der Waals surface area contributed by atoms with E-state index in [9.17, 15) is 0 Å². The Morgan fingerprint density at radius 3 is 1.13 bits per heavy atom. The van der Waals surface area contributed by atoms with Crippen LogP contribution in [-0.4, -0.2) is 45.2 Å². The molecule has 0 spiro atoms. The average Bonchev–Trinajstić information content (AvgIpc) is 2.19. The lowest BCUT2D eigenvalue weighted by atomic mass is 10.5. The Morgan fingerprint density at radius 2 is 0.933 bits per heavy atom. The summed E-state index contributed by atoms with van der Waals surface area (Å²) in [4.78, 5) is 0. The standard InChI is InChI=1S/C12H21N2Si/c1-5-9-13(10-6-2)15-14(11-7-3)12-8-4/h5-8,15H,1-4,9-12H2. The van der Waals surface area contributed by atoms with E-state index in [1.807, 2.05) is 24.3 Å². The molecule has 0 saturated carbocycles. The highest BCUT2D eigenvalue weighted by molar-refractivity contribution is 6.28. The van der Waals surface area contributed by atoms with Crippen LogP contribution in [0.25, 0.3) is 0 Å². The highest BCUT2D eigenvalue weighted by atomic mass is 28.2. The van der Waals surface area contributed by atoms with Crippen LogP contribution < -0.4 is 0 Å². The Labute approximate surface area is 96.2 Å². The second-order valence-corrected chi connectivity index (χ2v) is 4.87. The fourth-order valence-corrected chi connectivity index (χ4v) is 2.67. The van der Waals surface area contributed by atoms with Crippen LogP contribution in [0.3, 0.4) is 0 Å². The third kappa shape index (κ3) is 7.08. The molecule has 0 fully saturated rings. The van der Waals surface area contributed by atoms with Crippen LogP contribution in [0.2, 0.25) is 0 Å². The normalized spacial score (nSPS) is 10.3. The molecule has 15 heavy (non-hydrogen) atoms. The summed E-state index contributed by atoms with van der Waals surface area (Å²) in [6, 6.07) is 0. The number of hydrogen-bond acceptors (Lipinski definition) is 2.